The van der Waals surface area contributed by atoms with E-state index < -0.39 is 0 Å². The van der Waals surface area contributed by atoms with Gasteiger partial charge < -0.3 is 4.90 Å². The van der Waals surface area contributed by atoms with Crippen LogP contribution in [0.4, 0.5) is 5.13 Å². The molecule has 2 nitrogen and oxygen atoms in total. The van der Waals surface area contributed by atoms with Crippen LogP contribution in [-0.4, -0.2) is 23.4 Å². The monoisotopic (exact) mass is 276 g/mol. The number of halogens is 1. The van der Waals surface area contributed by atoms with E-state index in [1.165, 1.54) is 17.2 Å². The Balaban J connectivity index is 2.58. The number of hydrogen-bond acceptors (Lipinski definition) is 3. The van der Waals surface area contributed by atoms with Crippen molar-refractivity contribution in [1.29, 1.82) is 0 Å². The highest BCUT2D eigenvalue weighted by Gasteiger charge is 2.07. The zero-order chi connectivity index (χ0) is 10.4. The van der Waals surface area contributed by atoms with E-state index in [1.54, 1.807) is 11.3 Å². The van der Waals surface area contributed by atoms with Gasteiger partial charge in [-0.15, -0.1) is 11.3 Å². The summed E-state index contributed by atoms with van der Waals surface area (Å²) in [6, 6.07) is 0. The number of alkyl halides is 1. The SMILES string of the molecule is CCc1csc(N(CC)CCCBr)n1. The maximum Gasteiger partial charge on any atom is 0.185 e. The van der Waals surface area contributed by atoms with Crippen LogP contribution in [0.1, 0.15) is 26.0 Å². The molecule has 1 aromatic rings. The molecule has 1 rings (SSSR count). The van der Waals surface area contributed by atoms with Crippen LogP contribution in [-0.2, 0) is 6.42 Å². The Labute approximate surface area is 98.5 Å². The molecule has 0 aliphatic rings. The van der Waals surface area contributed by atoms with E-state index in [2.05, 4.69) is 45.0 Å². The van der Waals surface area contributed by atoms with E-state index in [0.29, 0.717) is 0 Å². The molecular weight excluding hydrogens is 260 g/mol. The van der Waals surface area contributed by atoms with Gasteiger partial charge in [0.15, 0.2) is 5.13 Å². The maximum atomic E-state index is 4.58. The summed E-state index contributed by atoms with van der Waals surface area (Å²) < 4.78 is 0. The zero-order valence-corrected chi connectivity index (χ0v) is 11.2. The third-order valence-corrected chi connectivity index (χ3v) is 3.63. The Morgan fingerprint density at radius 3 is 2.79 bits per heavy atom. The first-order valence-corrected chi connectivity index (χ1v) is 7.07. The highest BCUT2D eigenvalue weighted by Crippen LogP contribution is 2.20. The molecule has 0 atom stereocenters. The quantitative estimate of drug-likeness (QED) is 0.741. The number of thiazole rings is 1. The molecule has 14 heavy (non-hydrogen) atoms. The Bertz CT molecular complexity index is 262. The van der Waals surface area contributed by atoms with Crippen LogP contribution in [0.5, 0.6) is 0 Å². The summed E-state index contributed by atoms with van der Waals surface area (Å²) >= 11 is 5.21. The minimum Gasteiger partial charge on any atom is -0.348 e. The van der Waals surface area contributed by atoms with Crippen molar-refractivity contribution in [2.75, 3.05) is 23.3 Å². The smallest absolute Gasteiger partial charge is 0.185 e. The summed E-state index contributed by atoms with van der Waals surface area (Å²) in [6.45, 7) is 6.47. The Hall–Kier alpha value is -0.0900. The first-order valence-electron chi connectivity index (χ1n) is 5.07. The minimum absolute atomic E-state index is 1.03. The molecule has 0 saturated heterocycles. The lowest BCUT2D eigenvalue weighted by molar-refractivity contribution is 0.792. The topological polar surface area (TPSA) is 16.1 Å². The van der Waals surface area contributed by atoms with Crippen LogP contribution in [0.15, 0.2) is 5.38 Å². The van der Waals surface area contributed by atoms with Gasteiger partial charge in [0.2, 0.25) is 0 Å². The summed E-state index contributed by atoms with van der Waals surface area (Å²) in [6.07, 6.45) is 2.21. The number of aromatic nitrogens is 1. The average molecular weight is 277 g/mol. The zero-order valence-electron chi connectivity index (χ0n) is 8.79. The van der Waals surface area contributed by atoms with Gasteiger partial charge in [-0.05, 0) is 19.8 Å². The third-order valence-electron chi connectivity index (χ3n) is 2.12. The molecule has 80 valence electrons. The van der Waals surface area contributed by atoms with Crippen LogP contribution < -0.4 is 4.90 Å². The van der Waals surface area contributed by atoms with Crippen molar-refractivity contribution in [2.45, 2.75) is 26.7 Å². The van der Waals surface area contributed by atoms with Gasteiger partial charge in [0.05, 0.1) is 5.69 Å². The average Bonchev–Trinajstić information content (AvgIpc) is 2.68. The van der Waals surface area contributed by atoms with E-state index in [1.807, 2.05) is 0 Å². The van der Waals surface area contributed by atoms with Gasteiger partial charge in [-0.25, -0.2) is 4.98 Å². The van der Waals surface area contributed by atoms with Crippen molar-refractivity contribution < 1.29 is 0 Å². The molecule has 0 spiro atoms. The molecule has 1 heterocycles. The number of aryl methyl sites for hydroxylation is 1. The summed E-state index contributed by atoms with van der Waals surface area (Å²) in [7, 11) is 0. The molecule has 0 N–H and O–H groups in total. The number of hydrogen-bond donors (Lipinski definition) is 0. The van der Waals surface area contributed by atoms with E-state index in [0.717, 1.165) is 24.8 Å². The van der Waals surface area contributed by atoms with Crippen LogP contribution in [0.2, 0.25) is 0 Å². The highest BCUT2D eigenvalue weighted by atomic mass is 79.9. The van der Waals surface area contributed by atoms with Gasteiger partial charge in [0.25, 0.3) is 0 Å². The summed E-state index contributed by atoms with van der Waals surface area (Å²) in [5.74, 6) is 0. The van der Waals surface area contributed by atoms with Crippen LogP contribution in [0, 0.1) is 0 Å². The van der Waals surface area contributed by atoms with Crippen molar-refractivity contribution >= 4 is 32.4 Å². The van der Waals surface area contributed by atoms with Crippen molar-refractivity contribution in [1.82, 2.24) is 4.98 Å². The van der Waals surface area contributed by atoms with Gasteiger partial charge in [0.1, 0.15) is 0 Å². The van der Waals surface area contributed by atoms with Crippen LogP contribution in [0.3, 0.4) is 0 Å². The highest BCUT2D eigenvalue weighted by molar-refractivity contribution is 9.09. The molecule has 0 aliphatic carbocycles. The van der Waals surface area contributed by atoms with Crippen LogP contribution >= 0.6 is 27.3 Å². The predicted octanol–water partition coefficient (Wildman–Crippen LogP) is 3.32. The first-order chi connectivity index (χ1) is 6.81. The fraction of sp³-hybridized carbons (Fsp3) is 0.700. The maximum absolute atomic E-state index is 4.58. The standard InChI is InChI=1S/C10H17BrN2S/c1-3-9-8-14-10(12-9)13(4-2)7-5-6-11/h8H,3-7H2,1-2H3. The largest absolute Gasteiger partial charge is 0.348 e. The van der Waals surface area contributed by atoms with E-state index >= 15 is 0 Å². The normalized spacial score (nSPS) is 10.5. The van der Waals surface area contributed by atoms with Crippen LogP contribution in [0.25, 0.3) is 0 Å². The van der Waals surface area contributed by atoms with Crippen molar-refractivity contribution in [3.8, 4) is 0 Å². The Morgan fingerprint density at radius 2 is 2.29 bits per heavy atom. The van der Waals surface area contributed by atoms with E-state index in [-0.39, 0.29) is 0 Å². The number of anilines is 1. The van der Waals surface area contributed by atoms with Gasteiger partial charge in [0, 0.05) is 23.8 Å². The minimum atomic E-state index is 1.03. The summed E-state index contributed by atoms with van der Waals surface area (Å²) in [5.41, 5.74) is 1.21. The first kappa shape index (κ1) is 12.0. The summed E-state index contributed by atoms with van der Waals surface area (Å²) in [4.78, 5) is 6.92. The lowest BCUT2D eigenvalue weighted by Gasteiger charge is -2.18. The third kappa shape index (κ3) is 3.24. The molecule has 0 bridgehead atoms. The summed E-state index contributed by atoms with van der Waals surface area (Å²) in [5, 5.41) is 4.40. The van der Waals surface area contributed by atoms with Gasteiger partial charge >= 0.3 is 0 Å². The molecule has 0 fully saturated rings. The Morgan fingerprint density at radius 1 is 1.50 bits per heavy atom. The second kappa shape index (κ2) is 6.40. The fourth-order valence-electron chi connectivity index (χ4n) is 1.24. The number of nitrogens with zero attached hydrogens (tertiary/aromatic N) is 2. The van der Waals surface area contributed by atoms with Gasteiger partial charge in [-0.2, -0.15) is 0 Å². The molecule has 0 amide bonds. The van der Waals surface area contributed by atoms with Gasteiger partial charge in [-0.1, -0.05) is 22.9 Å². The molecule has 0 aliphatic heterocycles. The lowest BCUT2D eigenvalue weighted by Crippen LogP contribution is -2.23. The molecule has 0 aromatic carbocycles. The molecule has 0 unspecified atom stereocenters. The molecular formula is C10H17BrN2S. The van der Waals surface area contributed by atoms with E-state index in [9.17, 15) is 0 Å². The van der Waals surface area contributed by atoms with E-state index in [4.69, 9.17) is 0 Å². The van der Waals surface area contributed by atoms with Gasteiger partial charge in [-0.3, -0.25) is 0 Å². The Kier molecular flexibility index (Phi) is 5.48. The molecule has 1 aromatic heterocycles. The second-order valence-corrected chi connectivity index (χ2v) is 4.73. The molecule has 0 saturated carbocycles. The van der Waals surface area contributed by atoms with Crippen molar-refractivity contribution in [2.24, 2.45) is 0 Å². The number of rotatable bonds is 6. The fourth-order valence-corrected chi connectivity index (χ4v) is 2.49. The molecule has 4 heteroatoms. The van der Waals surface area contributed by atoms with Crippen molar-refractivity contribution in [3.05, 3.63) is 11.1 Å². The van der Waals surface area contributed by atoms with Crippen molar-refractivity contribution in [3.63, 3.8) is 0 Å². The molecule has 0 radical (unpaired) electrons. The lowest BCUT2D eigenvalue weighted by atomic mass is 10.4. The second-order valence-electron chi connectivity index (χ2n) is 3.10. The predicted molar refractivity (Wildman–Crippen MR) is 67.8 cm³/mol.